The molecule has 24 heavy (non-hydrogen) atoms. The molecule has 0 fully saturated rings. The highest BCUT2D eigenvalue weighted by Crippen LogP contribution is 2.33. The summed E-state index contributed by atoms with van der Waals surface area (Å²) in [5.74, 6) is -1.06. The van der Waals surface area contributed by atoms with E-state index in [9.17, 15) is 20.0 Å². The zero-order valence-corrected chi connectivity index (χ0v) is 13.0. The minimum atomic E-state index is -0.646. The van der Waals surface area contributed by atoms with Crippen LogP contribution in [-0.2, 0) is 0 Å². The number of halogens is 1. The lowest BCUT2D eigenvalue weighted by molar-refractivity contribution is -0.385. The molecule has 0 aliphatic carbocycles. The van der Waals surface area contributed by atoms with E-state index in [1.165, 1.54) is 25.4 Å². The number of hydrogen-bond donors (Lipinski definition) is 2. The van der Waals surface area contributed by atoms with Gasteiger partial charge in [0.15, 0.2) is 11.5 Å². The Labute approximate surface area is 140 Å². The van der Waals surface area contributed by atoms with Crippen molar-refractivity contribution in [3.63, 3.8) is 0 Å². The summed E-state index contributed by atoms with van der Waals surface area (Å²) >= 11 is 5.78. The molecule has 1 amide bonds. The minimum absolute atomic E-state index is 0.00127. The maximum atomic E-state index is 11.9. The van der Waals surface area contributed by atoms with Crippen molar-refractivity contribution in [3.05, 3.63) is 56.9 Å². The number of methoxy groups -OCH3 is 1. The van der Waals surface area contributed by atoms with E-state index in [4.69, 9.17) is 16.3 Å². The lowest BCUT2D eigenvalue weighted by Gasteiger charge is -2.06. The number of pyridine rings is 1. The van der Waals surface area contributed by atoms with Crippen molar-refractivity contribution in [1.82, 2.24) is 10.4 Å². The molecule has 124 valence electrons. The third-order valence-corrected chi connectivity index (χ3v) is 3.19. The minimum Gasteiger partial charge on any atom is -0.504 e. The number of rotatable bonds is 5. The Bertz CT molecular complexity index is 825. The molecular formula is C14H11ClN4O5. The first-order chi connectivity index (χ1) is 11.4. The maximum absolute atomic E-state index is 11.9. The van der Waals surface area contributed by atoms with E-state index in [2.05, 4.69) is 15.5 Å². The van der Waals surface area contributed by atoms with Gasteiger partial charge in [-0.2, -0.15) is 5.10 Å². The number of nitrogens with zero attached hydrogens (tertiary/aromatic N) is 3. The summed E-state index contributed by atoms with van der Waals surface area (Å²) in [6.07, 6.45) is 2.48. The molecule has 2 rings (SSSR count). The van der Waals surface area contributed by atoms with Gasteiger partial charge >= 0.3 is 0 Å². The third kappa shape index (κ3) is 3.76. The maximum Gasteiger partial charge on any atom is 0.274 e. The van der Waals surface area contributed by atoms with E-state index in [1.807, 2.05) is 0 Å². The fourth-order valence-electron chi connectivity index (χ4n) is 1.75. The van der Waals surface area contributed by atoms with E-state index < -0.39 is 10.8 Å². The summed E-state index contributed by atoms with van der Waals surface area (Å²) in [5.41, 5.74) is 1.99. The molecule has 1 aromatic heterocycles. The fourth-order valence-corrected chi connectivity index (χ4v) is 1.95. The average molecular weight is 351 g/mol. The highest BCUT2D eigenvalue weighted by molar-refractivity contribution is 6.32. The number of nitro benzene ring substituents is 1. The second-order valence-electron chi connectivity index (χ2n) is 4.38. The average Bonchev–Trinajstić information content (AvgIpc) is 2.56. The van der Waals surface area contributed by atoms with Gasteiger partial charge in [0, 0.05) is 17.8 Å². The number of aromatic hydroxyl groups is 1. The highest BCUT2D eigenvalue weighted by atomic mass is 35.5. The number of phenols is 1. The molecule has 2 N–H and O–H groups in total. The number of hydrazone groups is 1. The number of nitrogens with one attached hydrogen (secondary N) is 1. The molecule has 0 bridgehead atoms. The zero-order chi connectivity index (χ0) is 17.7. The van der Waals surface area contributed by atoms with E-state index >= 15 is 0 Å². The summed E-state index contributed by atoms with van der Waals surface area (Å²) < 4.78 is 4.86. The molecule has 0 atom stereocenters. The number of aromatic nitrogens is 1. The van der Waals surface area contributed by atoms with Crippen LogP contribution in [-0.4, -0.2) is 34.2 Å². The lowest BCUT2D eigenvalue weighted by atomic mass is 10.2. The van der Waals surface area contributed by atoms with Crippen LogP contribution < -0.4 is 10.2 Å². The van der Waals surface area contributed by atoms with E-state index in [0.29, 0.717) is 0 Å². The normalized spacial score (nSPS) is 10.6. The number of benzene rings is 1. The summed E-state index contributed by atoms with van der Waals surface area (Å²) in [5, 5.41) is 24.5. The van der Waals surface area contributed by atoms with Gasteiger partial charge in [0.05, 0.1) is 29.9 Å². The van der Waals surface area contributed by atoms with Crippen LogP contribution in [0.1, 0.15) is 15.9 Å². The van der Waals surface area contributed by atoms with Crippen LogP contribution in [0, 0.1) is 10.1 Å². The van der Waals surface area contributed by atoms with Crippen LogP contribution in [0.25, 0.3) is 0 Å². The standard InChI is InChI=1S/C14H11ClN4O5/c1-24-11-6-9(19(22)23)5-8(12(11)20)7-17-18-14(21)10-3-2-4-16-13(10)15/h2-7,20H,1H3,(H,18,21)/b17-7+. The number of nitro groups is 1. The van der Waals surface area contributed by atoms with Crippen molar-refractivity contribution in [2.75, 3.05) is 7.11 Å². The van der Waals surface area contributed by atoms with Crippen LogP contribution in [0.3, 0.4) is 0 Å². The molecule has 1 aromatic carbocycles. The van der Waals surface area contributed by atoms with Gasteiger partial charge in [0.1, 0.15) is 5.15 Å². The number of carbonyl (C=O) groups excluding carboxylic acids is 1. The Morgan fingerprint density at radius 1 is 1.54 bits per heavy atom. The van der Waals surface area contributed by atoms with E-state index in [-0.39, 0.29) is 33.5 Å². The van der Waals surface area contributed by atoms with Crippen LogP contribution >= 0.6 is 11.6 Å². The summed E-state index contributed by atoms with van der Waals surface area (Å²) in [7, 11) is 1.26. The number of ether oxygens (including phenoxy) is 1. The predicted octanol–water partition coefficient (Wildman–Crippen LogP) is 2.12. The number of phenolic OH excluding ortho intramolecular Hbond substituents is 1. The molecule has 2 aromatic rings. The number of amides is 1. The Morgan fingerprint density at radius 2 is 2.29 bits per heavy atom. The molecule has 0 radical (unpaired) electrons. The molecule has 0 saturated heterocycles. The van der Waals surface area contributed by atoms with Gasteiger partial charge in [0.25, 0.3) is 11.6 Å². The second-order valence-corrected chi connectivity index (χ2v) is 4.74. The van der Waals surface area contributed by atoms with Gasteiger partial charge in [-0.15, -0.1) is 0 Å². The van der Waals surface area contributed by atoms with Crippen LogP contribution in [0.5, 0.6) is 11.5 Å². The molecule has 1 heterocycles. The molecule has 9 nitrogen and oxygen atoms in total. The van der Waals surface area contributed by atoms with Gasteiger partial charge in [-0.05, 0) is 12.1 Å². The van der Waals surface area contributed by atoms with Crippen LogP contribution in [0.4, 0.5) is 5.69 Å². The van der Waals surface area contributed by atoms with Gasteiger partial charge in [-0.25, -0.2) is 10.4 Å². The Balaban J connectivity index is 2.23. The highest BCUT2D eigenvalue weighted by Gasteiger charge is 2.16. The molecule has 0 aliphatic rings. The van der Waals surface area contributed by atoms with Crippen molar-refractivity contribution < 1.29 is 19.6 Å². The molecule has 0 saturated carbocycles. The van der Waals surface area contributed by atoms with E-state index in [1.54, 1.807) is 0 Å². The lowest BCUT2D eigenvalue weighted by Crippen LogP contribution is -2.18. The second kappa shape index (κ2) is 7.38. The molecule has 0 unspecified atom stereocenters. The van der Waals surface area contributed by atoms with Gasteiger partial charge < -0.3 is 9.84 Å². The SMILES string of the molecule is COc1cc([N+](=O)[O-])cc(/C=N/NC(=O)c2cccnc2Cl)c1O. The quantitative estimate of drug-likeness (QED) is 0.368. The van der Waals surface area contributed by atoms with Gasteiger partial charge in [0.2, 0.25) is 0 Å². The van der Waals surface area contributed by atoms with Crippen molar-refractivity contribution in [3.8, 4) is 11.5 Å². The summed E-state index contributed by atoms with van der Waals surface area (Å²) in [6, 6.07) is 5.14. The molecule has 0 aliphatic heterocycles. The monoisotopic (exact) mass is 350 g/mol. The first-order valence-electron chi connectivity index (χ1n) is 6.43. The fraction of sp³-hybridized carbons (Fsp3) is 0.0714. The number of carbonyl (C=O) groups is 1. The Morgan fingerprint density at radius 3 is 2.92 bits per heavy atom. The Hall–Kier alpha value is -3.20. The molecular weight excluding hydrogens is 340 g/mol. The first kappa shape index (κ1) is 17.2. The van der Waals surface area contributed by atoms with Crippen molar-refractivity contribution in [2.45, 2.75) is 0 Å². The predicted molar refractivity (Wildman–Crippen MR) is 85.6 cm³/mol. The Kier molecular flexibility index (Phi) is 5.27. The first-order valence-corrected chi connectivity index (χ1v) is 6.81. The summed E-state index contributed by atoms with van der Waals surface area (Å²) in [6.45, 7) is 0. The molecule has 10 heteroatoms. The summed E-state index contributed by atoms with van der Waals surface area (Å²) in [4.78, 5) is 25.9. The largest absolute Gasteiger partial charge is 0.504 e. The zero-order valence-electron chi connectivity index (χ0n) is 12.3. The van der Waals surface area contributed by atoms with Crippen LogP contribution in [0.2, 0.25) is 5.15 Å². The smallest absolute Gasteiger partial charge is 0.274 e. The third-order valence-electron chi connectivity index (χ3n) is 2.89. The number of non-ortho nitro benzene ring substituents is 1. The van der Waals surface area contributed by atoms with Gasteiger partial charge in [-0.3, -0.25) is 14.9 Å². The van der Waals surface area contributed by atoms with Crippen molar-refractivity contribution in [1.29, 1.82) is 0 Å². The van der Waals surface area contributed by atoms with Crippen molar-refractivity contribution >= 4 is 29.4 Å². The number of hydrogen-bond acceptors (Lipinski definition) is 7. The van der Waals surface area contributed by atoms with E-state index in [0.717, 1.165) is 18.3 Å². The molecule has 0 spiro atoms. The van der Waals surface area contributed by atoms with Crippen molar-refractivity contribution in [2.24, 2.45) is 5.10 Å². The van der Waals surface area contributed by atoms with Gasteiger partial charge in [-0.1, -0.05) is 11.6 Å². The topological polar surface area (TPSA) is 127 Å². The van der Waals surface area contributed by atoms with Crippen LogP contribution in [0.15, 0.2) is 35.6 Å².